The fourth-order valence-electron chi connectivity index (χ4n) is 2.25. The Morgan fingerprint density at radius 1 is 1.08 bits per heavy atom. The molecule has 0 fully saturated rings. The fourth-order valence-corrected chi connectivity index (χ4v) is 3.21. The van der Waals surface area contributed by atoms with Crippen molar-refractivity contribution in [2.75, 3.05) is 5.32 Å². The number of carbonyl (C=O) groups excluding carboxylic acids is 1. The van der Waals surface area contributed by atoms with E-state index in [1.165, 1.54) is 19.1 Å². The van der Waals surface area contributed by atoms with E-state index in [9.17, 15) is 13.2 Å². The number of carbonyl (C=O) groups is 1. The molecule has 0 atom stereocenters. The maximum absolute atomic E-state index is 10.9. The first-order valence-electron chi connectivity index (χ1n) is 7.11. The molecule has 1 amide bonds. The molecule has 1 aliphatic heterocycles. The van der Waals surface area contributed by atoms with E-state index in [1.807, 2.05) is 30.3 Å². The van der Waals surface area contributed by atoms with Gasteiger partial charge in [-0.15, -0.1) is 0 Å². The predicted molar refractivity (Wildman–Crippen MR) is 90.3 cm³/mol. The number of anilines is 1. The van der Waals surface area contributed by atoms with Crippen LogP contribution in [0.25, 0.3) is 10.9 Å². The van der Waals surface area contributed by atoms with Crippen LogP contribution in [-0.2, 0) is 14.9 Å². The molecular formula is C17H14N2O4S. The number of rotatable bonds is 1. The summed E-state index contributed by atoms with van der Waals surface area (Å²) in [6, 6.07) is 15.8. The van der Waals surface area contributed by atoms with Gasteiger partial charge in [-0.25, -0.2) is 0 Å². The molecule has 24 heavy (non-hydrogen) atoms. The van der Waals surface area contributed by atoms with Crippen molar-refractivity contribution in [2.45, 2.75) is 11.8 Å². The van der Waals surface area contributed by atoms with Crippen molar-refractivity contribution in [1.82, 2.24) is 4.98 Å². The van der Waals surface area contributed by atoms with E-state index in [0.717, 1.165) is 16.6 Å². The summed E-state index contributed by atoms with van der Waals surface area (Å²) < 4.78 is 26.3. The molecule has 2 bridgehead atoms. The van der Waals surface area contributed by atoms with Gasteiger partial charge in [0.05, 0.1) is 11.2 Å². The van der Waals surface area contributed by atoms with Gasteiger partial charge < -0.3 is 9.50 Å². The molecule has 122 valence electrons. The van der Waals surface area contributed by atoms with Crippen LogP contribution < -0.4 is 9.50 Å². The van der Waals surface area contributed by atoms with Crippen LogP contribution in [0.2, 0.25) is 0 Å². The average Bonchev–Trinajstić information content (AvgIpc) is 2.75. The minimum atomic E-state index is -3.42. The van der Waals surface area contributed by atoms with E-state index in [4.69, 9.17) is 0 Å². The van der Waals surface area contributed by atoms with Crippen LogP contribution in [0.5, 0.6) is 5.75 Å². The maximum Gasteiger partial charge on any atom is 0.339 e. The largest absolute Gasteiger partial charge is 0.379 e. The van der Waals surface area contributed by atoms with Gasteiger partial charge in [-0.05, 0) is 24.3 Å². The summed E-state index contributed by atoms with van der Waals surface area (Å²) in [6.07, 6.45) is 1.72. The lowest BCUT2D eigenvalue weighted by Gasteiger charge is -2.04. The molecule has 2 aromatic carbocycles. The number of para-hydroxylation sites is 1. The molecule has 0 unspecified atom stereocenters. The zero-order valence-corrected chi connectivity index (χ0v) is 13.6. The standard InChI is InChI=1S/C11H10N2O.C6H4O3S/c1-8(14)13-10-6-2-4-9-5-3-7-12-11(9)10;7-10(8)6-3-1-2-5(4-6)9-10/h2-7H,1H3,(H,13,14);1-4H. The van der Waals surface area contributed by atoms with Gasteiger partial charge in [0.15, 0.2) is 0 Å². The van der Waals surface area contributed by atoms with Gasteiger partial charge in [0.2, 0.25) is 5.91 Å². The second-order valence-electron chi connectivity index (χ2n) is 5.07. The van der Waals surface area contributed by atoms with E-state index < -0.39 is 10.1 Å². The molecule has 7 heteroatoms. The third-order valence-corrected chi connectivity index (χ3v) is 4.49. The first-order chi connectivity index (χ1) is 11.5. The van der Waals surface area contributed by atoms with Crippen molar-refractivity contribution in [3.63, 3.8) is 0 Å². The van der Waals surface area contributed by atoms with Crippen molar-refractivity contribution in [2.24, 2.45) is 0 Å². The number of pyridine rings is 1. The first-order valence-corrected chi connectivity index (χ1v) is 8.52. The van der Waals surface area contributed by atoms with Gasteiger partial charge in [-0.3, -0.25) is 9.78 Å². The number of hydrogen-bond donors (Lipinski definition) is 1. The zero-order valence-electron chi connectivity index (χ0n) is 12.8. The quantitative estimate of drug-likeness (QED) is 0.687. The lowest BCUT2D eigenvalue weighted by molar-refractivity contribution is -0.114. The first kappa shape index (κ1) is 15.9. The van der Waals surface area contributed by atoms with Gasteiger partial charge in [-0.2, -0.15) is 8.42 Å². The molecule has 2 heterocycles. The van der Waals surface area contributed by atoms with Crippen molar-refractivity contribution in [3.8, 4) is 5.75 Å². The summed E-state index contributed by atoms with van der Waals surface area (Å²) in [5.74, 6) is 0.320. The molecule has 0 aliphatic carbocycles. The number of benzene rings is 2. The van der Waals surface area contributed by atoms with Gasteiger partial charge >= 0.3 is 10.1 Å². The number of amides is 1. The van der Waals surface area contributed by atoms with Crippen molar-refractivity contribution in [1.29, 1.82) is 0 Å². The van der Waals surface area contributed by atoms with Gasteiger partial charge in [0.1, 0.15) is 10.6 Å². The van der Waals surface area contributed by atoms with E-state index in [2.05, 4.69) is 14.5 Å². The Morgan fingerprint density at radius 2 is 1.83 bits per heavy atom. The monoisotopic (exact) mass is 342 g/mol. The van der Waals surface area contributed by atoms with E-state index in [1.54, 1.807) is 18.3 Å². The Balaban J connectivity index is 0.000000149. The Morgan fingerprint density at radius 3 is 2.54 bits per heavy atom. The van der Waals surface area contributed by atoms with Crippen LogP contribution in [0.4, 0.5) is 5.69 Å². The van der Waals surface area contributed by atoms with Crippen LogP contribution >= 0.6 is 0 Å². The molecule has 1 N–H and O–H groups in total. The third-order valence-electron chi connectivity index (χ3n) is 3.24. The molecule has 4 rings (SSSR count). The van der Waals surface area contributed by atoms with Crippen LogP contribution in [0.1, 0.15) is 6.92 Å². The highest BCUT2D eigenvalue weighted by atomic mass is 32.2. The highest BCUT2D eigenvalue weighted by molar-refractivity contribution is 7.87. The molecule has 0 saturated carbocycles. The summed E-state index contributed by atoms with van der Waals surface area (Å²) >= 11 is 0. The second kappa shape index (κ2) is 6.29. The number of hydrogen-bond acceptors (Lipinski definition) is 5. The minimum Gasteiger partial charge on any atom is -0.379 e. The Hall–Kier alpha value is -2.93. The van der Waals surface area contributed by atoms with E-state index in [-0.39, 0.29) is 10.8 Å². The summed E-state index contributed by atoms with van der Waals surface area (Å²) in [4.78, 5) is 15.4. The summed E-state index contributed by atoms with van der Waals surface area (Å²) in [5, 5.41) is 3.77. The molecule has 0 saturated heterocycles. The number of aromatic nitrogens is 1. The molecular weight excluding hydrogens is 328 g/mol. The third kappa shape index (κ3) is 3.36. The lowest BCUT2D eigenvalue weighted by atomic mass is 10.2. The number of nitrogens with zero attached hydrogens (tertiary/aromatic N) is 1. The normalized spacial score (nSPS) is 13.5. The Kier molecular flexibility index (Phi) is 4.18. The number of nitrogens with one attached hydrogen (secondary N) is 1. The predicted octanol–water partition coefficient (Wildman–Crippen LogP) is 2.96. The SMILES string of the molecule is CC(=O)Nc1cccc2cccnc12.O=S1(=O)Oc2cccc1c2. The van der Waals surface area contributed by atoms with Crippen molar-refractivity contribution >= 4 is 32.6 Å². The average molecular weight is 342 g/mol. The lowest BCUT2D eigenvalue weighted by Crippen LogP contribution is -2.06. The zero-order chi connectivity index (χ0) is 17.2. The van der Waals surface area contributed by atoms with Crippen LogP contribution in [0, 0.1) is 0 Å². The fraction of sp³-hybridized carbons (Fsp3) is 0.0588. The summed E-state index contributed by atoms with van der Waals surface area (Å²) in [5.41, 5.74) is 1.58. The topological polar surface area (TPSA) is 85.4 Å². The van der Waals surface area contributed by atoms with Gasteiger partial charge in [-0.1, -0.05) is 24.3 Å². The van der Waals surface area contributed by atoms with Crippen molar-refractivity contribution in [3.05, 3.63) is 60.8 Å². The molecule has 0 spiro atoms. The van der Waals surface area contributed by atoms with Gasteiger partial charge in [0.25, 0.3) is 0 Å². The molecule has 1 aliphatic rings. The van der Waals surface area contributed by atoms with Crippen LogP contribution in [0.3, 0.4) is 0 Å². The van der Waals surface area contributed by atoms with Gasteiger partial charge in [0, 0.05) is 24.6 Å². The Labute approximate surface area is 139 Å². The second-order valence-corrected chi connectivity index (χ2v) is 6.62. The maximum atomic E-state index is 10.9. The van der Waals surface area contributed by atoms with E-state index in [0.29, 0.717) is 5.75 Å². The van der Waals surface area contributed by atoms with Crippen LogP contribution in [-0.4, -0.2) is 19.3 Å². The number of fused-ring (bicyclic) bond motifs is 3. The minimum absolute atomic E-state index is 0.0804. The van der Waals surface area contributed by atoms with Crippen LogP contribution in [0.15, 0.2) is 65.7 Å². The highest BCUT2D eigenvalue weighted by Crippen LogP contribution is 2.27. The highest BCUT2D eigenvalue weighted by Gasteiger charge is 2.23. The molecule has 3 aromatic rings. The van der Waals surface area contributed by atoms with E-state index >= 15 is 0 Å². The molecule has 6 nitrogen and oxygen atoms in total. The summed E-state index contributed by atoms with van der Waals surface area (Å²) in [6.45, 7) is 1.49. The van der Waals surface area contributed by atoms with Crippen molar-refractivity contribution < 1.29 is 17.4 Å². The molecule has 0 radical (unpaired) electrons. The summed E-state index contributed by atoms with van der Waals surface area (Å²) in [7, 11) is -3.42. The Bertz CT molecular complexity index is 1010. The smallest absolute Gasteiger partial charge is 0.339 e. The molecule has 1 aromatic heterocycles.